The summed E-state index contributed by atoms with van der Waals surface area (Å²) in [5.41, 5.74) is 4.56. The lowest BCUT2D eigenvalue weighted by Crippen LogP contribution is -2.30. The molecule has 0 unspecified atom stereocenters. The number of rotatable bonds is 8. The third-order valence-corrected chi connectivity index (χ3v) is 7.39. The summed E-state index contributed by atoms with van der Waals surface area (Å²) in [5.74, 6) is 1.05. The van der Waals surface area contributed by atoms with Crippen LogP contribution in [0.4, 0.5) is 5.13 Å². The molecule has 0 aliphatic heterocycles. The summed E-state index contributed by atoms with van der Waals surface area (Å²) in [4.78, 5) is 21.2. The van der Waals surface area contributed by atoms with Gasteiger partial charge in [0.1, 0.15) is 0 Å². The Morgan fingerprint density at radius 3 is 2.39 bits per heavy atom. The summed E-state index contributed by atoms with van der Waals surface area (Å²) in [6.07, 6.45) is 1.35. The first-order valence-corrected chi connectivity index (χ1v) is 12.3. The predicted molar refractivity (Wildman–Crippen MR) is 133 cm³/mol. The minimum Gasteiger partial charge on any atom is -0.284 e. The molecule has 1 amide bonds. The molecule has 31 heavy (non-hydrogen) atoms. The van der Waals surface area contributed by atoms with Gasteiger partial charge in [-0.05, 0) is 67.0 Å². The van der Waals surface area contributed by atoms with Crippen LogP contribution in [0.15, 0.2) is 77.7 Å². The molecule has 4 rings (SSSR count). The second kappa shape index (κ2) is 10.1. The number of aryl methyl sites for hydroxylation is 2. The van der Waals surface area contributed by atoms with Crippen molar-refractivity contribution in [3.05, 3.63) is 89.5 Å². The Bertz CT molecular complexity index is 1120. The standard InChI is InChI=1S/C26H26N2OS2/c1-19-16-23-24(17-20(19)2)31-26(27-23)28(18-21-10-5-3-6-11-21)25(29)14-9-15-30-22-12-7-4-8-13-22/h3-8,10-13,16-17H,9,14-15,18H2,1-2H3. The van der Waals surface area contributed by atoms with E-state index in [1.54, 1.807) is 23.1 Å². The van der Waals surface area contributed by atoms with Crippen molar-refractivity contribution < 1.29 is 4.79 Å². The van der Waals surface area contributed by atoms with Crippen LogP contribution in [0.1, 0.15) is 29.5 Å². The van der Waals surface area contributed by atoms with Gasteiger partial charge in [-0.1, -0.05) is 59.9 Å². The molecule has 0 spiro atoms. The molecule has 3 aromatic carbocycles. The van der Waals surface area contributed by atoms with Crippen LogP contribution in [0.2, 0.25) is 0 Å². The summed E-state index contributed by atoms with van der Waals surface area (Å²) >= 11 is 3.40. The van der Waals surface area contributed by atoms with E-state index >= 15 is 0 Å². The zero-order chi connectivity index (χ0) is 21.6. The lowest BCUT2D eigenvalue weighted by atomic mass is 10.1. The van der Waals surface area contributed by atoms with Gasteiger partial charge >= 0.3 is 0 Å². The molecule has 0 bridgehead atoms. The van der Waals surface area contributed by atoms with Crippen molar-refractivity contribution in [1.82, 2.24) is 4.98 Å². The number of thioether (sulfide) groups is 1. The van der Waals surface area contributed by atoms with E-state index in [1.807, 2.05) is 41.3 Å². The first-order valence-electron chi connectivity index (χ1n) is 10.5. The van der Waals surface area contributed by atoms with Gasteiger partial charge in [-0.3, -0.25) is 9.69 Å². The maximum atomic E-state index is 13.3. The van der Waals surface area contributed by atoms with Crippen molar-refractivity contribution in [2.24, 2.45) is 0 Å². The molecule has 0 saturated carbocycles. The van der Waals surface area contributed by atoms with E-state index < -0.39 is 0 Å². The number of aromatic nitrogens is 1. The number of hydrogen-bond acceptors (Lipinski definition) is 4. The topological polar surface area (TPSA) is 33.2 Å². The molecule has 1 aromatic heterocycles. The van der Waals surface area contributed by atoms with Gasteiger partial charge in [0.05, 0.1) is 16.8 Å². The molecule has 0 fully saturated rings. The molecule has 158 valence electrons. The Morgan fingerprint density at radius 2 is 1.65 bits per heavy atom. The molecular formula is C26H26N2OS2. The average molecular weight is 447 g/mol. The molecule has 4 aromatic rings. The first kappa shape index (κ1) is 21.6. The first-order chi connectivity index (χ1) is 15.1. The summed E-state index contributed by atoms with van der Waals surface area (Å²) in [6, 6.07) is 24.8. The number of fused-ring (bicyclic) bond motifs is 1. The van der Waals surface area contributed by atoms with Crippen LogP contribution < -0.4 is 4.90 Å². The quantitative estimate of drug-likeness (QED) is 0.215. The van der Waals surface area contributed by atoms with Gasteiger partial charge in [-0.2, -0.15) is 0 Å². The van der Waals surface area contributed by atoms with Crippen LogP contribution in [-0.4, -0.2) is 16.6 Å². The van der Waals surface area contributed by atoms with Gasteiger partial charge in [-0.25, -0.2) is 4.98 Å². The second-order valence-corrected chi connectivity index (χ2v) is 9.81. The van der Waals surface area contributed by atoms with Gasteiger partial charge in [-0.15, -0.1) is 11.8 Å². The smallest absolute Gasteiger partial charge is 0.229 e. The van der Waals surface area contributed by atoms with Gasteiger partial charge < -0.3 is 0 Å². The SMILES string of the molecule is Cc1cc2nc(N(Cc3ccccc3)C(=O)CCCSc3ccccc3)sc2cc1C. The van der Waals surface area contributed by atoms with Crippen molar-refractivity contribution in [2.45, 2.75) is 38.1 Å². The van der Waals surface area contributed by atoms with Crippen LogP contribution in [0.25, 0.3) is 10.2 Å². The second-order valence-electron chi connectivity index (χ2n) is 7.63. The van der Waals surface area contributed by atoms with E-state index in [2.05, 4.69) is 50.2 Å². The van der Waals surface area contributed by atoms with Crippen LogP contribution in [0.3, 0.4) is 0 Å². The number of carbonyl (C=O) groups is 1. The normalized spacial score (nSPS) is 11.0. The Kier molecular flexibility index (Phi) is 7.05. The molecule has 0 N–H and O–H groups in total. The number of benzene rings is 3. The monoisotopic (exact) mass is 446 g/mol. The highest BCUT2D eigenvalue weighted by atomic mass is 32.2. The molecule has 1 heterocycles. The van der Waals surface area contributed by atoms with Crippen molar-refractivity contribution in [1.29, 1.82) is 0 Å². The van der Waals surface area contributed by atoms with E-state index in [0.717, 1.165) is 33.1 Å². The number of anilines is 1. The average Bonchev–Trinajstić information content (AvgIpc) is 3.19. The minimum atomic E-state index is 0.130. The Labute approximate surface area is 192 Å². The number of hydrogen-bond donors (Lipinski definition) is 0. The maximum absolute atomic E-state index is 13.3. The molecule has 0 radical (unpaired) electrons. The molecular weight excluding hydrogens is 420 g/mol. The van der Waals surface area contributed by atoms with Crippen molar-refractivity contribution >= 4 is 44.4 Å². The number of amides is 1. The van der Waals surface area contributed by atoms with Gasteiger partial charge in [0, 0.05) is 11.3 Å². The fraction of sp³-hybridized carbons (Fsp3) is 0.231. The summed E-state index contributed by atoms with van der Waals surface area (Å²) in [7, 11) is 0. The van der Waals surface area contributed by atoms with E-state index in [4.69, 9.17) is 4.98 Å². The molecule has 3 nitrogen and oxygen atoms in total. The third-order valence-electron chi connectivity index (χ3n) is 5.26. The summed E-state index contributed by atoms with van der Waals surface area (Å²) in [6.45, 7) is 4.76. The lowest BCUT2D eigenvalue weighted by Gasteiger charge is -2.20. The largest absolute Gasteiger partial charge is 0.284 e. The summed E-state index contributed by atoms with van der Waals surface area (Å²) in [5, 5.41) is 0.782. The van der Waals surface area contributed by atoms with Crippen LogP contribution in [-0.2, 0) is 11.3 Å². The molecule has 0 aliphatic rings. The maximum Gasteiger partial charge on any atom is 0.229 e. The number of carbonyl (C=O) groups excluding carboxylic acids is 1. The minimum absolute atomic E-state index is 0.130. The van der Waals surface area contributed by atoms with E-state index in [0.29, 0.717) is 13.0 Å². The van der Waals surface area contributed by atoms with Crippen LogP contribution in [0, 0.1) is 13.8 Å². The Balaban J connectivity index is 1.50. The predicted octanol–water partition coefficient (Wildman–Crippen LogP) is 7.02. The number of nitrogens with zero attached hydrogens (tertiary/aromatic N) is 2. The van der Waals surface area contributed by atoms with E-state index in [9.17, 15) is 4.79 Å². The van der Waals surface area contributed by atoms with Gasteiger partial charge in [0.25, 0.3) is 0 Å². The zero-order valence-corrected chi connectivity index (χ0v) is 19.5. The molecule has 0 saturated heterocycles. The Morgan fingerprint density at radius 1 is 0.968 bits per heavy atom. The van der Waals surface area contributed by atoms with Gasteiger partial charge in [0.15, 0.2) is 5.13 Å². The van der Waals surface area contributed by atoms with Gasteiger partial charge in [0.2, 0.25) is 5.91 Å². The highest BCUT2D eigenvalue weighted by molar-refractivity contribution is 7.99. The lowest BCUT2D eigenvalue weighted by molar-refractivity contribution is -0.118. The van der Waals surface area contributed by atoms with Crippen molar-refractivity contribution in [3.63, 3.8) is 0 Å². The fourth-order valence-electron chi connectivity index (χ4n) is 3.38. The molecule has 0 atom stereocenters. The van der Waals surface area contributed by atoms with Crippen molar-refractivity contribution in [3.8, 4) is 0 Å². The Hall–Kier alpha value is -2.63. The molecule has 0 aliphatic carbocycles. The van der Waals surface area contributed by atoms with E-state index in [-0.39, 0.29) is 5.91 Å². The zero-order valence-electron chi connectivity index (χ0n) is 17.9. The van der Waals surface area contributed by atoms with E-state index in [1.165, 1.54) is 16.0 Å². The highest BCUT2D eigenvalue weighted by Crippen LogP contribution is 2.32. The van der Waals surface area contributed by atoms with Crippen LogP contribution >= 0.6 is 23.1 Å². The number of thiazole rings is 1. The molecule has 5 heteroatoms. The van der Waals surface area contributed by atoms with Crippen molar-refractivity contribution in [2.75, 3.05) is 10.7 Å². The van der Waals surface area contributed by atoms with Crippen LogP contribution in [0.5, 0.6) is 0 Å². The highest BCUT2D eigenvalue weighted by Gasteiger charge is 2.20. The fourth-order valence-corrected chi connectivity index (χ4v) is 5.31. The third kappa shape index (κ3) is 5.54. The summed E-state index contributed by atoms with van der Waals surface area (Å²) < 4.78 is 1.13.